The lowest BCUT2D eigenvalue weighted by atomic mass is 10.2. The lowest BCUT2D eigenvalue weighted by Crippen LogP contribution is -2.47. The van der Waals surface area contributed by atoms with Crippen LogP contribution in [0.5, 0.6) is 0 Å². The highest BCUT2D eigenvalue weighted by Crippen LogP contribution is 2.30. The number of hydrogen-bond acceptors (Lipinski definition) is 6. The van der Waals surface area contributed by atoms with E-state index in [4.69, 9.17) is 5.73 Å². The number of hydrogen-bond donors (Lipinski definition) is 2. The molecule has 2 atom stereocenters. The van der Waals surface area contributed by atoms with Crippen molar-refractivity contribution in [2.75, 3.05) is 29.9 Å². The molecule has 5 nitrogen and oxygen atoms in total. The maximum absolute atomic E-state index is 12.7. The van der Waals surface area contributed by atoms with Crippen LogP contribution in [-0.4, -0.2) is 45.9 Å². The molecule has 1 fully saturated rings. The van der Waals surface area contributed by atoms with E-state index < -0.39 is 0 Å². The van der Waals surface area contributed by atoms with Gasteiger partial charge in [-0.05, 0) is 12.8 Å². The van der Waals surface area contributed by atoms with Gasteiger partial charge in [-0.25, -0.2) is 4.98 Å². The number of carbonyl (C=O) groups is 1. The monoisotopic (exact) mass is 328 g/mol. The van der Waals surface area contributed by atoms with Gasteiger partial charge in [0.1, 0.15) is 10.7 Å². The number of aromatic nitrogens is 1. The summed E-state index contributed by atoms with van der Waals surface area (Å²) in [7, 11) is 0. The molecule has 0 aliphatic carbocycles. The molecular formula is C14H24N4OS2. The number of thiazole rings is 1. The maximum Gasteiger partial charge on any atom is 0.268 e. The van der Waals surface area contributed by atoms with Crippen molar-refractivity contribution >= 4 is 40.0 Å². The van der Waals surface area contributed by atoms with Gasteiger partial charge in [-0.2, -0.15) is 11.8 Å². The normalized spacial score (nSPS) is 22.6. The van der Waals surface area contributed by atoms with Crippen molar-refractivity contribution in [2.45, 2.75) is 39.0 Å². The molecule has 0 bridgehead atoms. The Kier molecular flexibility index (Phi) is 5.37. The third kappa shape index (κ3) is 3.83. The number of rotatable bonds is 4. The van der Waals surface area contributed by atoms with Gasteiger partial charge in [0.15, 0.2) is 5.13 Å². The zero-order valence-corrected chi connectivity index (χ0v) is 14.7. The molecule has 1 amide bonds. The van der Waals surface area contributed by atoms with Gasteiger partial charge in [0.25, 0.3) is 5.91 Å². The van der Waals surface area contributed by atoms with E-state index in [1.54, 1.807) is 0 Å². The molecule has 0 radical (unpaired) electrons. The minimum absolute atomic E-state index is 0.0160. The first-order valence-electron chi connectivity index (χ1n) is 7.33. The quantitative estimate of drug-likeness (QED) is 0.889. The van der Waals surface area contributed by atoms with Crippen molar-refractivity contribution in [1.29, 1.82) is 0 Å². The van der Waals surface area contributed by atoms with E-state index in [0.717, 1.165) is 24.0 Å². The second-order valence-corrected chi connectivity index (χ2v) is 8.31. The van der Waals surface area contributed by atoms with Gasteiger partial charge < -0.3 is 16.0 Å². The van der Waals surface area contributed by atoms with Crippen molar-refractivity contribution in [3.8, 4) is 0 Å². The highest BCUT2D eigenvalue weighted by Gasteiger charge is 2.31. The minimum atomic E-state index is 0.0160. The van der Waals surface area contributed by atoms with Crippen LogP contribution in [0, 0.1) is 5.92 Å². The van der Waals surface area contributed by atoms with Crippen LogP contribution in [0.4, 0.5) is 10.9 Å². The third-order valence-corrected chi connectivity index (χ3v) is 6.01. The van der Waals surface area contributed by atoms with E-state index >= 15 is 0 Å². The second-order valence-electron chi connectivity index (χ2n) is 5.82. The Bertz CT molecular complexity index is 503. The van der Waals surface area contributed by atoms with Crippen molar-refractivity contribution in [3.05, 3.63) is 4.88 Å². The number of nitrogens with two attached hydrogens (primary N) is 1. The van der Waals surface area contributed by atoms with Gasteiger partial charge in [-0.3, -0.25) is 4.79 Å². The van der Waals surface area contributed by atoms with Crippen LogP contribution in [0.1, 0.15) is 37.4 Å². The topological polar surface area (TPSA) is 71.2 Å². The first-order chi connectivity index (χ1) is 9.90. The van der Waals surface area contributed by atoms with Crippen LogP contribution >= 0.6 is 23.1 Å². The van der Waals surface area contributed by atoms with Gasteiger partial charge in [0.05, 0.1) is 0 Å². The average Bonchev–Trinajstić information content (AvgIpc) is 2.80. The summed E-state index contributed by atoms with van der Waals surface area (Å²) in [6.07, 6.45) is 0. The van der Waals surface area contributed by atoms with E-state index in [0.29, 0.717) is 21.9 Å². The van der Waals surface area contributed by atoms with Crippen LogP contribution in [0.25, 0.3) is 0 Å². The SMILES string of the molecule is CC(C)CNc1nc(N)c(C(=O)N2CCSC(C)C2C)s1. The Morgan fingerprint density at radius 2 is 2.24 bits per heavy atom. The highest BCUT2D eigenvalue weighted by molar-refractivity contribution is 8.00. The molecule has 1 aliphatic heterocycles. The van der Waals surface area contributed by atoms with Gasteiger partial charge in [0, 0.05) is 30.1 Å². The Morgan fingerprint density at radius 1 is 1.52 bits per heavy atom. The number of carbonyl (C=O) groups excluding carboxylic acids is 1. The van der Waals surface area contributed by atoms with Crippen molar-refractivity contribution in [2.24, 2.45) is 5.92 Å². The first kappa shape index (κ1) is 16.4. The number of nitrogens with zero attached hydrogens (tertiary/aromatic N) is 2. The summed E-state index contributed by atoms with van der Waals surface area (Å²) in [5.74, 6) is 1.86. The van der Waals surface area contributed by atoms with Gasteiger partial charge in [-0.15, -0.1) is 0 Å². The molecular weight excluding hydrogens is 304 g/mol. The van der Waals surface area contributed by atoms with Gasteiger partial charge in [-0.1, -0.05) is 32.1 Å². The van der Waals surface area contributed by atoms with E-state index in [-0.39, 0.29) is 11.9 Å². The van der Waals surface area contributed by atoms with E-state index in [1.807, 2.05) is 16.7 Å². The fourth-order valence-electron chi connectivity index (χ4n) is 2.20. The summed E-state index contributed by atoms with van der Waals surface area (Å²) in [5.41, 5.74) is 5.94. The van der Waals surface area contributed by atoms with E-state index in [9.17, 15) is 4.79 Å². The summed E-state index contributed by atoms with van der Waals surface area (Å²) >= 11 is 3.27. The summed E-state index contributed by atoms with van der Waals surface area (Å²) in [6, 6.07) is 0.227. The Hall–Kier alpha value is -0.950. The molecule has 2 heterocycles. The molecule has 1 saturated heterocycles. The van der Waals surface area contributed by atoms with E-state index in [2.05, 4.69) is 38.0 Å². The van der Waals surface area contributed by atoms with Crippen LogP contribution in [-0.2, 0) is 0 Å². The first-order valence-corrected chi connectivity index (χ1v) is 9.19. The van der Waals surface area contributed by atoms with Crippen molar-refractivity contribution < 1.29 is 4.79 Å². The molecule has 118 valence electrons. The van der Waals surface area contributed by atoms with Crippen LogP contribution in [0.15, 0.2) is 0 Å². The third-order valence-electron chi connectivity index (χ3n) is 3.65. The molecule has 0 spiro atoms. The van der Waals surface area contributed by atoms with E-state index in [1.165, 1.54) is 11.3 Å². The molecule has 2 unspecified atom stereocenters. The molecule has 1 aliphatic rings. The average molecular weight is 329 g/mol. The summed E-state index contributed by atoms with van der Waals surface area (Å²) in [5, 5.41) is 4.42. The summed E-state index contributed by atoms with van der Waals surface area (Å²) in [6.45, 7) is 10.1. The fraction of sp³-hybridized carbons (Fsp3) is 0.714. The lowest BCUT2D eigenvalue weighted by molar-refractivity contribution is 0.0704. The summed E-state index contributed by atoms with van der Waals surface area (Å²) in [4.78, 5) is 19.5. The number of amides is 1. The predicted molar refractivity (Wildman–Crippen MR) is 92.3 cm³/mol. The summed E-state index contributed by atoms with van der Waals surface area (Å²) < 4.78 is 0. The molecule has 2 rings (SSSR count). The number of anilines is 2. The zero-order chi connectivity index (χ0) is 15.6. The zero-order valence-electron chi connectivity index (χ0n) is 13.0. The molecule has 7 heteroatoms. The lowest BCUT2D eigenvalue weighted by Gasteiger charge is -2.37. The number of thioether (sulfide) groups is 1. The largest absolute Gasteiger partial charge is 0.382 e. The van der Waals surface area contributed by atoms with Crippen LogP contribution in [0.2, 0.25) is 0 Å². The minimum Gasteiger partial charge on any atom is -0.382 e. The van der Waals surface area contributed by atoms with Crippen molar-refractivity contribution in [1.82, 2.24) is 9.88 Å². The molecule has 0 saturated carbocycles. The van der Waals surface area contributed by atoms with Crippen molar-refractivity contribution in [3.63, 3.8) is 0 Å². The predicted octanol–water partition coefficient (Wildman–Crippen LogP) is 2.76. The fourth-order valence-corrected chi connectivity index (χ4v) is 4.15. The highest BCUT2D eigenvalue weighted by atomic mass is 32.2. The number of nitrogen functional groups attached to an aromatic ring is 1. The van der Waals surface area contributed by atoms with Crippen LogP contribution in [0.3, 0.4) is 0 Å². The smallest absolute Gasteiger partial charge is 0.268 e. The Labute approximate surface area is 134 Å². The Balaban J connectivity index is 2.11. The molecule has 3 N–H and O–H groups in total. The second kappa shape index (κ2) is 6.87. The maximum atomic E-state index is 12.7. The molecule has 21 heavy (non-hydrogen) atoms. The molecule has 1 aromatic rings. The number of nitrogens with one attached hydrogen (secondary N) is 1. The standard InChI is InChI=1S/C14H24N4OS2/c1-8(2)7-16-14-17-12(15)11(21-14)13(19)18-5-6-20-10(4)9(18)3/h8-10H,5-7,15H2,1-4H3,(H,16,17). The van der Waals surface area contributed by atoms with Crippen LogP contribution < -0.4 is 11.1 Å². The van der Waals surface area contributed by atoms with Gasteiger partial charge >= 0.3 is 0 Å². The Morgan fingerprint density at radius 3 is 2.90 bits per heavy atom. The molecule has 0 aromatic carbocycles. The molecule has 1 aromatic heterocycles. The van der Waals surface area contributed by atoms with Gasteiger partial charge in [0.2, 0.25) is 0 Å².